The quantitative estimate of drug-likeness (QED) is 0.539. The van der Waals surface area contributed by atoms with Crippen LogP contribution in [0.2, 0.25) is 5.15 Å². The maximum absolute atomic E-state index is 5.84. The third-order valence-corrected chi connectivity index (χ3v) is 2.06. The zero-order valence-electron chi connectivity index (χ0n) is 5.92. The molecule has 56 valence electrons. The molecule has 3 heteroatoms. The van der Waals surface area contributed by atoms with E-state index < -0.39 is 0 Å². The molecule has 0 N–H and O–H groups in total. The van der Waals surface area contributed by atoms with Crippen LogP contribution in [-0.4, -0.2) is 17.7 Å². The third-order valence-electron chi connectivity index (χ3n) is 1.76. The molecule has 0 bridgehead atoms. The van der Waals surface area contributed by atoms with Crippen molar-refractivity contribution in [3.8, 4) is 0 Å². The van der Waals surface area contributed by atoms with Gasteiger partial charge in [-0.3, -0.25) is 4.99 Å². The SMILES string of the molecule is Clc1nccc2c1C=NCC2. The molecule has 0 saturated carbocycles. The second kappa shape index (κ2) is 2.62. The van der Waals surface area contributed by atoms with E-state index in [0.29, 0.717) is 5.15 Å². The molecule has 0 atom stereocenters. The van der Waals surface area contributed by atoms with E-state index in [9.17, 15) is 0 Å². The van der Waals surface area contributed by atoms with Crippen LogP contribution in [-0.2, 0) is 6.42 Å². The molecular weight excluding hydrogens is 160 g/mol. The Labute approximate surface area is 69.9 Å². The summed E-state index contributed by atoms with van der Waals surface area (Å²) in [5.41, 5.74) is 2.24. The van der Waals surface area contributed by atoms with Crippen molar-refractivity contribution in [3.63, 3.8) is 0 Å². The summed E-state index contributed by atoms with van der Waals surface area (Å²) in [4.78, 5) is 8.10. The molecule has 2 heterocycles. The lowest BCUT2D eigenvalue weighted by atomic mass is 10.1. The van der Waals surface area contributed by atoms with Crippen LogP contribution in [0.1, 0.15) is 11.1 Å². The van der Waals surface area contributed by atoms with Crippen LogP contribution in [0.5, 0.6) is 0 Å². The van der Waals surface area contributed by atoms with Gasteiger partial charge >= 0.3 is 0 Å². The number of nitrogens with zero attached hydrogens (tertiary/aromatic N) is 2. The molecule has 1 aromatic rings. The second-order valence-electron chi connectivity index (χ2n) is 2.46. The summed E-state index contributed by atoms with van der Waals surface area (Å²) in [6, 6.07) is 1.99. The molecular formula is C8H7ClN2. The Morgan fingerprint density at radius 1 is 1.45 bits per heavy atom. The molecule has 1 aromatic heterocycles. The van der Waals surface area contributed by atoms with Crippen LogP contribution < -0.4 is 0 Å². The summed E-state index contributed by atoms with van der Waals surface area (Å²) in [5, 5.41) is 0.561. The van der Waals surface area contributed by atoms with Crippen molar-refractivity contribution in [2.75, 3.05) is 6.54 Å². The number of aromatic nitrogens is 1. The topological polar surface area (TPSA) is 25.2 Å². The Morgan fingerprint density at radius 2 is 2.36 bits per heavy atom. The Hall–Kier alpha value is -0.890. The van der Waals surface area contributed by atoms with Gasteiger partial charge in [0.05, 0.1) is 0 Å². The number of fused-ring (bicyclic) bond motifs is 1. The predicted molar refractivity (Wildman–Crippen MR) is 45.4 cm³/mol. The fourth-order valence-corrected chi connectivity index (χ4v) is 1.41. The average Bonchev–Trinajstić information content (AvgIpc) is 2.06. The first kappa shape index (κ1) is 6.80. The van der Waals surface area contributed by atoms with Crippen LogP contribution in [0.25, 0.3) is 0 Å². The molecule has 2 rings (SSSR count). The average molecular weight is 167 g/mol. The lowest BCUT2D eigenvalue weighted by molar-refractivity contribution is 0.946. The smallest absolute Gasteiger partial charge is 0.138 e. The van der Waals surface area contributed by atoms with E-state index in [1.807, 2.05) is 6.07 Å². The highest BCUT2D eigenvalue weighted by molar-refractivity contribution is 6.32. The molecule has 1 aliphatic rings. The van der Waals surface area contributed by atoms with Gasteiger partial charge < -0.3 is 0 Å². The van der Waals surface area contributed by atoms with Crippen molar-refractivity contribution in [2.24, 2.45) is 4.99 Å². The van der Waals surface area contributed by atoms with E-state index in [4.69, 9.17) is 11.6 Å². The van der Waals surface area contributed by atoms with Crippen molar-refractivity contribution in [3.05, 3.63) is 28.5 Å². The molecule has 0 fully saturated rings. The number of pyridine rings is 1. The van der Waals surface area contributed by atoms with Gasteiger partial charge in [-0.2, -0.15) is 0 Å². The number of halogens is 1. The Morgan fingerprint density at radius 3 is 3.18 bits per heavy atom. The number of hydrogen-bond acceptors (Lipinski definition) is 2. The summed E-state index contributed by atoms with van der Waals surface area (Å²) in [5.74, 6) is 0. The van der Waals surface area contributed by atoms with Crippen molar-refractivity contribution in [1.82, 2.24) is 4.98 Å². The summed E-state index contributed by atoms with van der Waals surface area (Å²) < 4.78 is 0. The third kappa shape index (κ3) is 1.14. The monoisotopic (exact) mass is 166 g/mol. The molecule has 1 aliphatic heterocycles. The minimum absolute atomic E-state index is 0.561. The molecule has 0 spiro atoms. The highest BCUT2D eigenvalue weighted by Gasteiger charge is 2.08. The van der Waals surface area contributed by atoms with E-state index in [2.05, 4.69) is 9.98 Å². The predicted octanol–water partition coefficient (Wildman–Crippen LogP) is 1.71. The van der Waals surface area contributed by atoms with Gasteiger partial charge in [-0.15, -0.1) is 0 Å². The van der Waals surface area contributed by atoms with Gasteiger partial charge in [0.25, 0.3) is 0 Å². The lowest BCUT2D eigenvalue weighted by Crippen LogP contribution is -2.03. The summed E-state index contributed by atoms with van der Waals surface area (Å²) in [7, 11) is 0. The van der Waals surface area contributed by atoms with Crippen LogP contribution in [0, 0.1) is 0 Å². The van der Waals surface area contributed by atoms with Gasteiger partial charge in [0.15, 0.2) is 0 Å². The first-order valence-electron chi connectivity index (χ1n) is 3.51. The van der Waals surface area contributed by atoms with Crippen molar-refractivity contribution in [2.45, 2.75) is 6.42 Å². The van der Waals surface area contributed by atoms with Gasteiger partial charge in [-0.25, -0.2) is 4.98 Å². The van der Waals surface area contributed by atoms with Crippen LogP contribution >= 0.6 is 11.6 Å². The molecule has 11 heavy (non-hydrogen) atoms. The second-order valence-corrected chi connectivity index (χ2v) is 2.82. The van der Waals surface area contributed by atoms with Crippen LogP contribution in [0.3, 0.4) is 0 Å². The fourth-order valence-electron chi connectivity index (χ4n) is 1.18. The molecule has 0 aliphatic carbocycles. The summed E-state index contributed by atoms with van der Waals surface area (Å²) >= 11 is 5.84. The first-order valence-corrected chi connectivity index (χ1v) is 3.89. The van der Waals surface area contributed by atoms with E-state index in [1.165, 1.54) is 5.56 Å². The standard InChI is InChI=1S/C8H7ClN2/c9-8-7-5-10-3-1-6(7)2-4-11-8/h2,4-5H,1,3H2. The largest absolute Gasteiger partial charge is 0.292 e. The normalized spacial score (nSPS) is 14.6. The Kier molecular flexibility index (Phi) is 1.62. The zero-order valence-corrected chi connectivity index (χ0v) is 6.67. The maximum Gasteiger partial charge on any atom is 0.138 e. The van der Waals surface area contributed by atoms with E-state index in [1.54, 1.807) is 12.4 Å². The minimum atomic E-state index is 0.561. The zero-order chi connectivity index (χ0) is 7.68. The van der Waals surface area contributed by atoms with Crippen molar-refractivity contribution < 1.29 is 0 Å². The maximum atomic E-state index is 5.84. The Bertz CT molecular complexity index is 307. The molecule has 0 amide bonds. The summed E-state index contributed by atoms with van der Waals surface area (Å²) in [6.07, 6.45) is 4.52. The molecule has 0 unspecified atom stereocenters. The lowest BCUT2D eigenvalue weighted by Gasteiger charge is -2.08. The highest BCUT2D eigenvalue weighted by Crippen LogP contribution is 2.18. The molecule has 0 aromatic carbocycles. The van der Waals surface area contributed by atoms with Gasteiger partial charge in [0, 0.05) is 24.5 Å². The molecule has 0 radical (unpaired) electrons. The van der Waals surface area contributed by atoms with Crippen LogP contribution in [0.4, 0.5) is 0 Å². The van der Waals surface area contributed by atoms with Crippen molar-refractivity contribution in [1.29, 1.82) is 0 Å². The van der Waals surface area contributed by atoms with Gasteiger partial charge in [0.2, 0.25) is 0 Å². The highest BCUT2D eigenvalue weighted by atomic mass is 35.5. The van der Waals surface area contributed by atoms with Gasteiger partial charge in [0.1, 0.15) is 5.15 Å². The van der Waals surface area contributed by atoms with Gasteiger partial charge in [-0.1, -0.05) is 11.6 Å². The van der Waals surface area contributed by atoms with E-state index in [-0.39, 0.29) is 0 Å². The first-order chi connectivity index (χ1) is 5.38. The number of rotatable bonds is 0. The van der Waals surface area contributed by atoms with E-state index in [0.717, 1.165) is 18.5 Å². The van der Waals surface area contributed by atoms with Gasteiger partial charge in [-0.05, 0) is 18.1 Å². The Balaban J connectivity index is 2.60. The summed E-state index contributed by atoms with van der Waals surface area (Å²) in [6.45, 7) is 0.868. The number of hydrogen-bond donors (Lipinski definition) is 0. The number of aliphatic imine (C=N–C) groups is 1. The molecule has 0 saturated heterocycles. The van der Waals surface area contributed by atoms with Crippen LogP contribution in [0.15, 0.2) is 17.3 Å². The van der Waals surface area contributed by atoms with E-state index >= 15 is 0 Å². The fraction of sp³-hybridized carbons (Fsp3) is 0.250. The molecule has 2 nitrogen and oxygen atoms in total. The minimum Gasteiger partial charge on any atom is -0.292 e. The van der Waals surface area contributed by atoms with Crippen molar-refractivity contribution >= 4 is 17.8 Å².